The van der Waals surface area contributed by atoms with E-state index in [2.05, 4.69) is 31.0 Å². The van der Waals surface area contributed by atoms with Crippen molar-refractivity contribution < 1.29 is 12.9 Å². The highest BCUT2D eigenvalue weighted by Crippen LogP contribution is 2.38. The van der Waals surface area contributed by atoms with Crippen LogP contribution in [0.3, 0.4) is 0 Å². The van der Waals surface area contributed by atoms with Crippen LogP contribution in [0, 0.1) is 0 Å². The number of hydrogen-bond acceptors (Lipinski definition) is 6. The van der Waals surface area contributed by atoms with Gasteiger partial charge in [-0.25, -0.2) is 8.42 Å². The average molecular weight is 441 g/mol. The summed E-state index contributed by atoms with van der Waals surface area (Å²) in [7, 11) is -3.46. The summed E-state index contributed by atoms with van der Waals surface area (Å²) in [4.78, 5) is 7.03. The van der Waals surface area contributed by atoms with Crippen molar-refractivity contribution in [2.24, 2.45) is 0 Å². The largest absolute Gasteiger partial charge is 0.338 e. The molecule has 0 amide bonds. The Morgan fingerprint density at radius 2 is 1.81 bits per heavy atom. The summed E-state index contributed by atoms with van der Waals surface area (Å²) in [5.41, 5.74) is 0. The second kappa shape index (κ2) is 7.03. The van der Waals surface area contributed by atoms with Gasteiger partial charge in [0.05, 0.1) is 10.9 Å². The van der Waals surface area contributed by atoms with Gasteiger partial charge in [0.1, 0.15) is 0 Å². The first-order valence-electron chi connectivity index (χ1n) is 8.78. The van der Waals surface area contributed by atoms with Crippen molar-refractivity contribution in [3.63, 3.8) is 0 Å². The van der Waals surface area contributed by atoms with E-state index in [4.69, 9.17) is 4.52 Å². The van der Waals surface area contributed by atoms with Crippen LogP contribution in [0.5, 0.6) is 0 Å². The monoisotopic (exact) mass is 440 g/mol. The van der Waals surface area contributed by atoms with Gasteiger partial charge >= 0.3 is 0 Å². The Kier molecular flexibility index (Phi) is 4.89. The van der Waals surface area contributed by atoms with Gasteiger partial charge in [-0.2, -0.15) is 9.29 Å². The van der Waals surface area contributed by atoms with E-state index in [9.17, 15) is 8.42 Å². The van der Waals surface area contributed by atoms with E-state index in [-0.39, 0.29) is 6.04 Å². The zero-order valence-electron chi connectivity index (χ0n) is 14.5. The Labute approximate surface area is 161 Å². The molecule has 2 aromatic rings. The van der Waals surface area contributed by atoms with Gasteiger partial charge in [-0.15, -0.1) is 0 Å². The first kappa shape index (κ1) is 18.1. The summed E-state index contributed by atoms with van der Waals surface area (Å²) in [6, 6.07) is 6.75. The molecular weight excluding hydrogens is 420 g/mol. The van der Waals surface area contributed by atoms with Crippen LogP contribution in [0.25, 0.3) is 0 Å². The predicted molar refractivity (Wildman–Crippen MR) is 99.2 cm³/mol. The van der Waals surface area contributed by atoms with Crippen LogP contribution in [0.4, 0.5) is 0 Å². The van der Waals surface area contributed by atoms with Crippen molar-refractivity contribution in [1.29, 1.82) is 0 Å². The molecule has 2 fully saturated rings. The van der Waals surface area contributed by atoms with Gasteiger partial charge in [-0.3, -0.25) is 4.90 Å². The Balaban J connectivity index is 1.40. The molecule has 1 atom stereocenters. The predicted octanol–water partition coefficient (Wildman–Crippen LogP) is 2.78. The molecule has 1 saturated carbocycles. The Hall–Kier alpha value is -1.29. The van der Waals surface area contributed by atoms with Crippen LogP contribution >= 0.6 is 15.9 Å². The highest BCUT2D eigenvalue weighted by Gasteiger charge is 2.33. The molecule has 4 rings (SSSR count). The van der Waals surface area contributed by atoms with Crippen LogP contribution in [0.15, 0.2) is 38.2 Å². The zero-order chi connectivity index (χ0) is 18.3. The number of aromatic nitrogens is 2. The van der Waals surface area contributed by atoms with E-state index in [0.717, 1.165) is 23.1 Å². The minimum Gasteiger partial charge on any atom is -0.338 e. The molecule has 26 heavy (non-hydrogen) atoms. The standard InChI is InChI=1S/C17H21BrN4O3S/c1-12(17-19-16(20-25-17)13-2-3-13)21-8-10-22(11-9-21)26(23,24)15-6-4-14(18)5-7-15/h4-7,12-13H,2-3,8-11H2,1H3. The zero-order valence-corrected chi connectivity index (χ0v) is 16.9. The van der Waals surface area contributed by atoms with E-state index >= 15 is 0 Å². The molecular formula is C17H21BrN4O3S. The van der Waals surface area contributed by atoms with Crippen LogP contribution < -0.4 is 0 Å². The quantitative estimate of drug-likeness (QED) is 0.710. The molecule has 0 radical (unpaired) electrons. The second-order valence-electron chi connectivity index (χ2n) is 6.84. The molecule has 9 heteroatoms. The first-order valence-corrected chi connectivity index (χ1v) is 11.0. The lowest BCUT2D eigenvalue weighted by Crippen LogP contribution is -2.49. The van der Waals surface area contributed by atoms with Gasteiger partial charge in [-0.1, -0.05) is 21.1 Å². The van der Waals surface area contributed by atoms with Crippen molar-refractivity contribution in [3.05, 3.63) is 40.5 Å². The Bertz CT molecular complexity index is 872. The number of piperazine rings is 1. The normalized spacial score (nSPS) is 21.0. The second-order valence-corrected chi connectivity index (χ2v) is 9.69. The third-order valence-electron chi connectivity index (χ3n) is 5.03. The van der Waals surface area contributed by atoms with Gasteiger partial charge in [0.15, 0.2) is 5.82 Å². The molecule has 0 bridgehead atoms. The maximum absolute atomic E-state index is 12.8. The number of nitrogens with zero attached hydrogens (tertiary/aromatic N) is 4. The molecule has 0 N–H and O–H groups in total. The lowest BCUT2D eigenvalue weighted by molar-refractivity contribution is 0.124. The van der Waals surface area contributed by atoms with Crippen molar-refractivity contribution in [2.45, 2.75) is 36.6 Å². The highest BCUT2D eigenvalue weighted by atomic mass is 79.9. The molecule has 1 aromatic carbocycles. The van der Waals surface area contributed by atoms with Crippen LogP contribution in [-0.2, 0) is 10.0 Å². The summed E-state index contributed by atoms with van der Waals surface area (Å²) in [5, 5.41) is 4.07. The molecule has 2 aliphatic rings. The van der Waals surface area contributed by atoms with Gasteiger partial charge < -0.3 is 4.52 Å². The Morgan fingerprint density at radius 3 is 2.42 bits per heavy atom. The topological polar surface area (TPSA) is 79.5 Å². The molecule has 1 saturated heterocycles. The molecule has 1 aliphatic carbocycles. The highest BCUT2D eigenvalue weighted by molar-refractivity contribution is 9.10. The summed E-state index contributed by atoms with van der Waals surface area (Å²) < 4.78 is 33.4. The fraction of sp³-hybridized carbons (Fsp3) is 0.529. The number of halogens is 1. The molecule has 140 valence electrons. The third kappa shape index (κ3) is 3.58. The molecule has 1 aliphatic heterocycles. The van der Waals surface area contributed by atoms with Crippen molar-refractivity contribution >= 4 is 26.0 Å². The summed E-state index contributed by atoms with van der Waals surface area (Å²) in [6.07, 6.45) is 2.28. The van der Waals surface area contributed by atoms with Crippen molar-refractivity contribution in [1.82, 2.24) is 19.3 Å². The fourth-order valence-corrected chi connectivity index (χ4v) is 4.85. The maximum Gasteiger partial charge on any atom is 0.243 e. The summed E-state index contributed by atoms with van der Waals surface area (Å²) >= 11 is 3.33. The molecule has 0 spiro atoms. The smallest absolute Gasteiger partial charge is 0.243 e. The van der Waals surface area contributed by atoms with Gasteiger partial charge in [0, 0.05) is 36.6 Å². The van der Waals surface area contributed by atoms with Gasteiger partial charge in [0.25, 0.3) is 0 Å². The van der Waals surface area contributed by atoms with Crippen molar-refractivity contribution in [3.8, 4) is 0 Å². The summed E-state index contributed by atoms with van der Waals surface area (Å²) in [5.74, 6) is 1.90. The minimum absolute atomic E-state index is 0.00691. The molecule has 2 heterocycles. The van der Waals surface area contributed by atoms with Crippen LogP contribution in [0.1, 0.15) is 43.4 Å². The SMILES string of the molecule is CC(c1nc(C2CC2)no1)N1CCN(S(=O)(=O)c2ccc(Br)cc2)CC1. The van der Waals surface area contributed by atoms with E-state index in [1.54, 1.807) is 28.6 Å². The van der Waals surface area contributed by atoms with Crippen LogP contribution in [0.2, 0.25) is 0 Å². The van der Waals surface area contributed by atoms with Gasteiger partial charge in [-0.05, 0) is 44.0 Å². The fourth-order valence-electron chi connectivity index (χ4n) is 3.17. The van der Waals surface area contributed by atoms with E-state index in [0.29, 0.717) is 42.9 Å². The minimum atomic E-state index is -3.46. The third-order valence-corrected chi connectivity index (χ3v) is 7.47. The maximum atomic E-state index is 12.8. The van der Waals surface area contributed by atoms with E-state index in [1.165, 1.54) is 0 Å². The van der Waals surface area contributed by atoms with E-state index < -0.39 is 10.0 Å². The first-order chi connectivity index (χ1) is 12.4. The lowest BCUT2D eigenvalue weighted by atomic mass is 10.2. The number of benzene rings is 1. The molecule has 1 unspecified atom stereocenters. The Morgan fingerprint density at radius 1 is 1.15 bits per heavy atom. The van der Waals surface area contributed by atoms with Crippen LogP contribution in [-0.4, -0.2) is 53.9 Å². The van der Waals surface area contributed by atoms with Crippen molar-refractivity contribution in [2.75, 3.05) is 26.2 Å². The van der Waals surface area contributed by atoms with E-state index in [1.807, 2.05) is 6.92 Å². The molecule has 1 aromatic heterocycles. The number of rotatable bonds is 5. The average Bonchev–Trinajstić information content (AvgIpc) is 3.38. The van der Waals surface area contributed by atoms with Gasteiger partial charge in [0.2, 0.25) is 15.9 Å². The molecule has 7 nitrogen and oxygen atoms in total. The lowest BCUT2D eigenvalue weighted by Gasteiger charge is -2.36. The number of hydrogen-bond donors (Lipinski definition) is 0. The summed E-state index contributed by atoms with van der Waals surface area (Å²) in [6.45, 7) is 4.21. The number of sulfonamides is 1.